The van der Waals surface area contributed by atoms with Crippen molar-refractivity contribution < 1.29 is 0 Å². The maximum atomic E-state index is 3.52. The Morgan fingerprint density at radius 1 is 1.22 bits per heavy atom. The number of hydrogen-bond donors (Lipinski definition) is 1. The van der Waals surface area contributed by atoms with Crippen LogP contribution in [-0.4, -0.2) is 37.6 Å². The Labute approximate surface area is 114 Å². The fraction of sp³-hybridized carbons (Fsp3) is 1.00. The molecule has 0 bridgehead atoms. The van der Waals surface area contributed by atoms with E-state index in [1.54, 1.807) is 0 Å². The van der Waals surface area contributed by atoms with Crippen LogP contribution in [0.15, 0.2) is 0 Å². The molecule has 1 N–H and O–H groups in total. The fourth-order valence-electron chi connectivity index (χ4n) is 4.04. The van der Waals surface area contributed by atoms with Crippen LogP contribution >= 0.6 is 0 Å². The molecule has 106 valence electrons. The van der Waals surface area contributed by atoms with E-state index in [-0.39, 0.29) is 0 Å². The average molecular weight is 252 g/mol. The summed E-state index contributed by atoms with van der Waals surface area (Å²) in [6.45, 7) is 8.59. The van der Waals surface area contributed by atoms with Crippen LogP contribution in [0.4, 0.5) is 0 Å². The molecule has 0 spiro atoms. The molecule has 1 aliphatic carbocycles. The Bertz CT molecular complexity index is 245. The second kappa shape index (κ2) is 6.38. The number of nitrogens with one attached hydrogen (secondary N) is 1. The Hall–Kier alpha value is -0.0800. The van der Waals surface area contributed by atoms with Gasteiger partial charge in [0.2, 0.25) is 0 Å². The van der Waals surface area contributed by atoms with Crippen LogP contribution in [-0.2, 0) is 0 Å². The van der Waals surface area contributed by atoms with Crippen LogP contribution in [0.2, 0.25) is 0 Å². The van der Waals surface area contributed by atoms with Gasteiger partial charge in [-0.15, -0.1) is 0 Å². The summed E-state index contributed by atoms with van der Waals surface area (Å²) in [5, 5.41) is 3.52. The second-order valence-corrected chi connectivity index (χ2v) is 6.94. The summed E-state index contributed by atoms with van der Waals surface area (Å²) < 4.78 is 0. The van der Waals surface area contributed by atoms with Crippen molar-refractivity contribution in [1.29, 1.82) is 0 Å². The molecule has 0 amide bonds. The highest BCUT2D eigenvalue weighted by Crippen LogP contribution is 2.35. The molecule has 2 unspecified atom stereocenters. The van der Waals surface area contributed by atoms with Crippen LogP contribution in [0, 0.1) is 11.3 Å². The lowest BCUT2D eigenvalue weighted by Gasteiger charge is -2.43. The van der Waals surface area contributed by atoms with Gasteiger partial charge in [-0.3, -0.25) is 0 Å². The predicted molar refractivity (Wildman–Crippen MR) is 78.9 cm³/mol. The maximum Gasteiger partial charge on any atom is 0.00949 e. The highest BCUT2D eigenvalue weighted by atomic mass is 15.1. The fourth-order valence-corrected chi connectivity index (χ4v) is 4.04. The Morgan fingerprint density at radius 3 is 2.56 bits per heavy atom. The number of piperidine rings is 1. The minimum atomic E-state index is 0.598. The van der Waals surface area contributed by atoms with Crippen LogP contribution < -0.4 is 5.32 Å². The van der Waals surface area contributed by atoms with Crippen molar-refractivity contribution in [3.63, 3.8) is 0 Å². The van der Waals surface area contributed by atoms with Gasteiger partial charge in [0.05, 0.1) is 0 Å². The zero-order valence-corrected chi connectivity index (χ0v) is 12.7. The number of nitrogens with zero attached hydrogens (tertiary/aromatic N) is 1. The summed E-state index contributed by atoms with van der Waals surface area (Å²) in [5.74, 6) is 0.941. The van der Waals surface area contributed by atoms with Gasteiger partial charge in [-0.2, -0.15) is 0 Å². The molecule has 18 heavy (non-hydrogen) atoms. The Balaban J connectivity index is 1.89. The van der Waals surface area contributed by atoms with Gasteiger partial charge in [0, 0.05) is 12.6 Å². The van der Waals surface area contributed by atoms with Gasteiger partial charge >= 0.3 is 0 Å². The van der Waals surface area contributed by atoms with E-state index in [1.807, 2.05) is 0 Å². The van der Waals surface area contributed by atoms with Gasteiger partial charge in [-0.25, -0.2) is 0 Å². The maximum absolute atomic E-state index is 3.52. The average Bonchev–Trinajstić information content (AvgIpc) is 2.40. The molecule has 0 aromatic rings. The third kappa shape index (κ3) is 3.48. The van der Waals surface area contributed by atoms with E-state index in [0.717, 1.165) is 12.0 Å². The van der Waals surface area contributed by atoms with Gasteiger partial charge in [0.1, 0.15) is 0 Å². The van der Waals surface area contributed by atoms with Crippen molar-refractivity contribution in [3.05, 3.63) is 0 Å². The Kier molecular flexibility index (Phi) is 5.08. The molecular formula is C16H32N2. The minimum Gasteiger partial charge on any atom is -0.317 e. The first-order chi connectivity index (χ1) is 8.65. The molecular weight excluding hydrogens is 220 g/mol. The molecule has 2 fully saturated rings. The van der Waals surface area contributed by atoms with Crippen molar-refractivity contribution in [2.75, 3.05) is 26.7 Å². The summed E-state index contributed by atoms with van der Waals surface area (Å²) in [6, 6.07) is 0.854. The van der Waals surface area contributed by atoms with E-state index in [2.05, 4.69) is 31.1 Å². The summed E-state index contributed by atoms with van der Waals surface area (Å²) in [6.07, 6.45) is 9.84. The molecule has 2 rings (SSSR count). The minimum absolute atomic E-state index is 0.598. The van der Waals surface area contributed by atoms with E-state index < -0.39 is 0 Å². The first-order valence-electron chi connectivity index (χ1n) is 8.06. The second-order valence-electron chi connectivity index (χ2n) is 6.94. The van der Waals surface area contributed by atoms with Crippen LogP contribution in [0.1, 0.15) is 58.8 Å². The van der Waals surface area contributed by atoms with Gasteiger partial charge < -0.3 is 10.2 Å². The molecule has 1 saturated heterocycles. The van der Waals surface area contributed by atoms with Gasteiger partial charge in [-0.1, -0.05) is 26.7 Å². The standard InChI is InChI=1S/C16H32N2/c1-4-16(8-10-17-11-9-16)13-18(3)15-7-5-6-14(2)12-15/h14-15,17H,4-13H2,1-3H3. The third-order valence-corrected chi connectivity index (χ3v) is 5.53. The normalized spacial score (nSPS) is 32.7. The van der Waals surface area contributed by atoms with E-state index in [1.165, 1.54) is 64.6 Å². The molecule has 2 aliphatic rings. The molecule has 2 nitrogen and oxygen atoms in total. The van der Waals surface area contributed by atoms with Crippen LogP contribution in [0.5, 0.6) is 0 Å². The summed E-state index contributed by atoms with van der Waals surface area (Å²) >= 11 is 0. The first kappa shape index (κ1) is 14.3. The van der Waals surface area contributed by atoms with Crippen LogP contribution in [0.3, 0.4) is 0 Å². The largest absolute Gasteiger partial charge is 0.317 e. The van der Waals surface area contributed by atoms with Crippen molar-refractivity contribution in [2.45, 2.75) is 64.8 Å². The van der Waals surface area contributed by atoms with Crippen LogP contribution in [0.25, 0.3) is 0 Å². The van der Waals surface area contributed by atoms with E-state index in [0.29, 0.717) is 5.41 Å². The number of hydrogen-bond acceptors (Lipinski definition) is 2. The SMILES string of the molecule is CCC1(CN(C)C2CCCC(C)C2)CCNCC1. The van der Waals surface area contributed by atoms with Crippen molar-refractivity contribution in [1.82, 2.24) is 10.2 Å². The zero-order valence-electron chi connectivity index (χ0n) is 12.7. The number of rotatable bonds is 4. The molecule has 2 heteroatoms. The lowest BCUT2D eigenvalue weighted by Crippen LogP contribution is -2.47. The van der Waals surface area contributed by atoms with Crippen molar-refractivity contribution >= 4 is 0 Å². The Morgan fingerprint density at radius 2 is 1.94 bits per heavy atom. The van der Waals surface area contributed by atoms with Crippen molar-refractivity contribution in [3.8, 4) is 0 Å². The van der Waals surface area contributed by atoms with Gasteiger partial charge in [-0.05, 0) is 63.6 Å². The predicted octanol–water partition coefficient (Wildman–Crippen LogP) is 3.28. The van der Waals surface area contributed by atoms with E-state index in [9.17, 15) is 0 Å². The lowest BCUT2D eigenvalue weighted by atomic mass is 9.75. The topological polar surface area (TPSA) is 15.3 Å². The highest BCUT2D eigenvalue weighted by molar-refractivity contribution is 4.88. The van der Waals surface area contributed by atoms with E-state index >= 15 is 0 Å². The monoisotopic (exact) mass is 252 g/mol. The van der Waals surface area contributed by atoms with Crippen molar-refractivity contribution in [2.24, 2.45) is 11.3 Å². The molecule has 0 aromatic carbocycles. The third-order valence-electron chi connectivity index (χ3n) is 5.53. The summed E-state index contributed by atoms with van der Waals surface area (Å²) in [7, 11) is 2.38. The smallest absolute Gasteiger partial charge is 0.00949 e. The molecule has 1 saturated carbocycles. The molecule has 1 heterocycles. The molecule has 2 atom stereocenters. The summed E-state index contributed by atoms with van der Waals surface area (Å²) in [5.41, 5.74) is 0.598. The quantitative estimate of drug-likeness (QED) is 0.826. The van der Waals surface area contributed by atoms with E-state index in [4.69, 9.17) is 0 Å². The molecule has 0 radical (unpaired) electrons. The van der Waals surface area contributed by atoms with Gasteiger partial charge in [0.15, 0.2) is 0 Å². The first-order valence-corrected chi connectivity index (χ1v) is 8.06. The molecule has 0 aromatic heterocycles. The summed E-state index contributed by atoms with van der Waals surface area (Å²) in [4.78, 5) is 2.70. The zero-order chi connectivity index (χ0) is 13.0. The molecule has 1 aliphatic heterocycles. The van der Waals surface area contributed by atoms with Gasteiger partial charge in [0.25, 0.3) is 0 Å². The highest BCUT2D eigenvalue weighted by Gasteiger charge is 2.33. The lowest BCUT2D eigenvalue weighted by molar-refractivity contribution is 0.0743.